The molecule has 2 N–H and O–H groups in total. The van der Waals surface area contributed by atoms with Crippen LogP contribution in [0, 0.1) is 6.92 Å². The lowest BCUT2D eigenvalue weighted by Crippen LogP contribution is -2.44. The Bertz CT molecular complexity index is 1660. The number of nitrogens with zero attached hydrogens (tertiary/aromatic N) is 4. The predicted octanol–water partition coefficient (Wildman–Crippen LogP) is 6.65. The Hall–Kier alpha value is -4.43. The van der Waals surface area contributed by atoms with Gasteiger partial charge in [0.2, 0.25) is 17.1 Å². The van der Waals surface area contributed by atoms with Gasteiger partial charge in [-0.1, -0.05) is 20.4 Å². The van der Waals surface area contributed by atoms with Crippen LogP contribution in [-0.2, 0) is 0 Å². The monoisotopic (exact) mass is 549 g/mol. The number of hydrogen-bond acceptors (Lipinski definition) is 7. The van der Waals surface area contributed by atoms with E-state index in [1.165, 1.54) is 11.3 Å². The molecular formula is C33H37N6O2+. The predicted molar refractivity (Wildman–Crippen MR) is 166 cm³/mol. The number of benzene rings is 3. The maximum Gasteiger partial charge on any atom is 0.248 e. The molecule has 4 aromatic rings. The second-order valence-corrected chi connectivity index (χ2v) is 10.7. The lowest BCUT2D eigenvalue weighted by atomic mass is 9.96. The van der Waals surface area contributed by atoms with E-state index in [4.69, 9.17) is 9.47 Å². The summed E-state index contributed by atoms with van der Waals surface area (Å²) in [4.78, 5) is 11.2. The van der Waals surface area contributed by atoms with Crippen molar-refractivity contribution in [2.45, 2.75) is 33.1 Å². The highest BCUT2D eigenvalue weighted by molar-refractivity contribution is 6.00. The van der Waals surface area contributed by atoms with Crippen LogP contribution >= 0.6 is 0 Å². The number of ether oxygens (including phenoxy) is 2. The molecule has 8 heteroatoms. The summed E-state index contributed by atoms with van der Waals surface area (Å²) in [6, 6.07) is 16.5. The van der Waals surface area contributed by atoms with E-state index in [1.54, 1.807) is 6.33 Å². The Labute approximate surface area is 241 Å². The minimum Gasteiger partial charge on any atom is -0.475 e. The van der Waals surface area contributed by atoms with E-state index in [-0.39, 0.29) is 0 Å². The molecule has 1 aromatic heterocycles. The maximum absolute atomic E-state index is 6.38. The van der Waals surface area contributed by atoms with Gasteiger partial charge in [-0.25, -0.2) is 9.97 Å². The van der Waals surface area contributed by atoms with Crippen molar-refractivity contribution in [1.29, 1.82) is 0 Å². The molecule has 8 nitrogen and oxygen atoms in total. The number of rotatable bonds is 8. The van der Waals surface area contributed by atoms with Gasteiger partial charge in [0.1, 0.15) is 23.6 Å². The van der Waals surface area contributed by atoms with E-state index >= 15 is 0 Å². The molecule has 3 aromatic carbocycles. The van der Waals surface area contributed by atoms with E-state index in [0.717, 1.165) is 82.7 Å². The zero-order valence-corrected chi connectivity index (χ0v) is 24.2. The Balaban J connectivity index is 1.29. The summed E-state index contributed by atoms with van der Waals surface area (Å²) >= 11 is 0. The number of aryl methyl sites for hydroxylation is 1. The minimum absolute atomic E-state index is 0.400. The average Bonchev–Trinajstić information content (AvgIpc) is 3.01. The van der Waals surface area contributed by atoms with Gasteiger partial charge in [0.05, 0.1) is 24.0 Å². The van der Waals surface area contributed by atoms with Crippen molar-refractivity contribution in [2.24, 2.45) is 0 Å². The number of hydrogen-bond donors (Lipinski definition) is 2. The van der Waals surface area contributed by atoms with Gasteiger partial charge >= 0.3 is 0 Å². The van der Waals surface area contributed by atoms with Gasteiger partial charge in [-0.2, -0.15) is 4.58 Å². The molecule has 0 saturated heterocycles. The summed E-state index contributed by atoms with van der Waals surface area (Å²) in [6.07, 6.45) is 4.47. The fourth-order valence-electron chi connectivity index (χ4n) is 5.55. The van der Waals surface area contributed by atoms with Crippen molar-refractivity contribution in [3.63, 3.8) is 0 Å². The second-order valence-electron chi connectivity index (χ2n) is 10.7. The Morgan fingerprint density at radius 3 is 2.88 bits per heavy atom. The van der Waals surface area contributed by atoms with Crippen LogP contribution < -0.4 is 25.0 Å². The topological polar surface area (TPSA) is 74.5 Å². The molecule has 0 bridgehead atoms. The fraction of sp³-hybridized carbons (Fsp3) is 0.303. The third-order valence-electron chi connectivity index (χ3n) is 8.09. The number of aromatic nitrogens is 2. The highest BCUT2D eigenvalue weighted by Gasteiger charge is 2.32. The van der Waals surface area contributed by atoms with Crippen LogP contribution in [0.5, 0.6) is 17.2 Å². The van der Waals surface area contributed by atoms with Gasteiger partial charge in [0, 0.05) is 24.5 Å². The smallest absolute Gasteiger partial charge is 0.248 e. The minimum atomic E-state index is 0.400. The van der Waals surface area contributed by atoms with Gasteiger partial charge < -0.3 is 25.0 Å². The zero-order chi connectivity index (χ0) is 28.5. The molecule has 41 heavy (non-hydrogen) atoms. The van der Waals surface area contributed by atoms with E-state index in [1.807, 2.05) is 37.5 Å². The SMILES string of the molecule is C=CN(C)c1ccc(Oc2ccc(Nc3ncnc4ccc5c(c34)OCC3=[N+]5CCNC3)cc2C)cc1C(C)CC. The van der Waals surface area contributed by atoms with Crippen molar-refractivity contribution < 1.29 is 14.0 Å². The summed E-state index contributed by atoms with van der Waals surface area (Å²) in [6.45, 7) is 13.7. The van der Waals surface area contributed by atoms with Crippen molar-refractivity contribution in [3.8, 4) is 17.2 Å². The first-order valence-corrected chi connectivity index (χ1v) is 14.2. The van der Waals surface area contributed by atoms with Crippen molar-refractivity contribution in [2.75, 3.05) is 43.5 Å². The Morgan fingerprint density at radius 1 is 1.20 bits per heavy atom. The van der Waals surface area contributed by atoms with Crippen molar-refractivity contribution in [1.82, 2.24) is 15.3 Å². The molecule has 0 aliphatic carbocycles. The molecule has 6 rings (SSSR count). The molecule has 0 fully saturated rings. The molecule has 0 spiro atoms. The molecule has 3 heterocycles. The number of nitrogens with one attached hydrogen (secondary N) is 2. The standard InChI is InChI=1S/C33H37N6O2/c1-6-21(3)26-17-25(9-11-28(26)38(5)7-2)41-30-13-8-23(16-22(30)4)37-33-31-27(35-20-36-33)10-12-29-32(31)40-19-24-18-34-14-15-39(24)29/h7-13,16-17,20-21,34H,2,6,14-15,18-19H2,1,3-5H3,(H,35,36,37)/q+1. The van der Waals surface area contributed by atoms with Crippen LogP contribution in [0.25, 0.3) is 10.9 Å². The molecule has 1 atom stereocenters. The second kappa shape index (κ2) is 11.2. The van der Waals surface area contributed by atoms with Crippen molar-refractivity contribution in [3.05, 3.63) is 78.8 Å². The molecule has 0 radical (unpaired) electrons. The maximum atomic E-state index is 6.38. The zero-order valence-electron chi connectivity index (χ0n) is 24.2. The molecule has 1 unspecified atom stereocenters. The lowest BCUT2D eigenvalue weighted by molar-refractivity contribution is -0.449. The van der Waals surface area contributed by atoms with Gasteiger partial charge in [-0.05, 0) is 79.1 Å². The molecular weight excluding hydrogens is 512 g/mol. The molecule has 2 aliphatic rings. The van der Waals surface area contributed by atoms with E-state index in [0.29, 0.717) is 12.5 Å². The first kappa shape index (κ1) is 26.8. The third kappa shape index (κ3) is 5.11. The highest BCUT2D eigenvalue weighted by atomic mass is 16.5. The average molecular weight is 550 g/mol. The third-order valence-corrected chi connectivity index (χ3v) is 8.09. The molecule has 0 amide bonds. The first-order valence-electron chi connectivity index (χ1n) is 14.2. The van der Waals surface area contributed by atoms with Gasteiger partial charge in [-0.3, -0.25) is 0 Å². The molecule has 2 aliphatic heterocycles. The first-order chi connectivity index (χ1) is 20.0. The number of anilines is 3. The molecule has 0 saturated carbocycles. The van der Waals surface area contributed by atoms with Crippen LogP contribution in [0.3, 0.4) is 0 Å². The summed E-state index contributed by atoms with van der Waals surface area (Å²) in [5.41, 5.74) is 7.49. The van der Waals surface area contributed by atoms with Crippen molar-refractivity contribution >= 4 is 39.5 Å². The van der Waals surface area contributed by atoms with Crippen LogP contribution in [0.1, 0.15) is 37.3 Å². The van der Waals surface area contributed by atoms with Crippen LogP contribution in [0.2, 0.25) is 0 Å². The van der Waals surface area contributed by atoms with Gasteiger partial charge in [0.25, 0.3) is 0 Å². The van der Waals surface area contributed by atoms with Crippen LogP contribution in [0.4, 0.5) is 22.9 Å². The Morgan fingerprint density at radius 2 is 2.07 bits per heavy atom. The largest absolute Gasteiger partial charge is 0.475 e. The molecule has 210 valence electrons. The number of fused-ring (bicyclic) bond motifs is 4. The quantitative estimate of drug-likeness (QED) is 0.239. The highest BCUT2D eigenvalue weighted by Crippen LogP contribution is 2.41. The van der Waals surface area contributed by atoms with E-state index < -0.39 is 0 Å². The van der Waals surface area contributed by atoms with E-state index in [2.05, 4.69) is 81.7 Å². The van der Waals surface area contributed by atoms with Crippen LogP contribution in [-0.4, -0.2) is 53.5 Å². The normalized spacial score (nSPS) is 15.0. The summed E-state index contributed by atoms with van der Waals surface area (Å²) in [5, 5.41) is 7.84. The summed E-state index contributed by atoms with van der Waals surface area (Å²) in [7, 11) is 2.02. The van der Waals surface area contributed by atoms with Crippen LogP contribution in [0.15, 0.2) is 67.6 Å². The van der Waals surface area contributed by atoms with Gasteiger partial charge in [-0.15, -0.1) is 0 Å². The Kier molecular flexibility index (Phi) is 7.32. The summed E-state index contributed by atoms with van der Waals surface area (Å²) < 4.78 is 15.0. The van der Waals surface area contributed by atoms with E-state index in [9.17, 15) is 0 Å². The fourth-order valence-corrected chi connectivity index (χ4v) is 5.55. The lowest BCUT2D eigenvalue weighted by Gasteiger charge is -2.23. The summed E-state index contributed by atoms with van der Waals surface area (Å²) in [5.74, 6) is 3.58. The van der Waals surface area contributed by atoms with Gasteiger partial charge in [0.15, 0.2) is 13.2 Å².